The van der Waals surface area contributed by atoms with Crippen molar-refractivity contribution in [3.8, 4) is 17.2 Å². The van der Waals surface area contributed by atoms with Crippen molar-refractivity contribution in [3.05, 3.63) is 52.6 Å². The number of aliphatic hydroxyl groups is 2. The van der Waals surface area contributed by atoms with E-state index >= 15 is 0 Å². The van der Waals surface area contributed by atoms with Gasteiger partial charge in [0, 0.05) is 6.42 Å². The van der Waals surface area contributed by atoms with Crippen LogP contribution in [0.15, 0.2) is 30.3 Å². The van der Waals surface area contributed by atoms with Crippen molar-refractivity contribution in [2.75, 3.05) is 0 Å². The number of ketones is 1. The third-order valence-electron chi connectivity index (χ3n) is 6.34. The number of carbonyl (C=O) groups excluding carboxylic acids is 1. The van der Waals surface area contributed by atoms with Gasteiger partial charge < -0.3 is 29.5 Å². The summed E-state index contributed by atoms with van der Waals surface area (Å²) in [5.41, 5.74) is 1.31. The summed E-state index contributed by atoms with van der Waals surface area (Å²) in [5.74, 6) is -3.04. The van der Waals surface area contributed by atoms with Crippen molar-refractivity contribution in [1.29, 1.82) is 0 Å². The number of rotatable bonds is 0. The van der Waals surface area contributed by atoms with Crippen molar-refractivity contribution in [2.45, 2.75) is 42.4 Å². The van der Waals surface area contributed by atoms with Gasteiger partial charge in [-0.05, 0) is 23.8 Å². The highest BCUT2D eigenvalue weighted by Gasteiger charge is 2.75. The maximum Gasteiger partial charge on any atom is 0.274 e. The summed E-state index contributed by atoms with van der Waals surface area (Å²) in [6, 6.07) is 8.08. The lowest BCUT2D eigenvalue weighted by Crippen LogP contribution is -2.65. The Bertz CT molecular complexity index is 1110. The summed E-state index contributed by atoms with van der Waals surface area (Å²) >= 11 is 0. The molecule has 3 aliphatic heterocycles. The molecule has 3 heterocycles. The van der Waals surface area contributed by atoms with Gasteiger partial charge in [0.2, 0.25) is 0 Å². The Morgan fingerprint density at radius 2 is 1.79 bits per heavy atom. The summed E-state index contributed by atoms with van der Waals surface area (Å²) in [5, 5.41) is 31.8. The lowest BCUT2D eigenvalue weighted by Gasteiger charge is -2.56. The smallest absolute Gasteiger partial charge is 0.274 e. The largest absolute Gasteiger partial charge is 0.507 e. The average molecular weight is 382 g/mol. The minimum atomic E-state index is -1.61. The van der Waals surface area contributed by atoms with Crippen LogP contribution in [0.1, 0.15) is 39.6 Å². The van der Waals surface area contributed by atoms with Crippen LogP contribution in [-0.2, 0) is 21.0 Å². The van der Waals surface area contributed by atoms with Crippen LogP contribution < -0.4 is 9.47 Å². The van der Waals surface area contributed by atoms with Crippen LogP contribution >= 0.6 is 0 Å². The molecule has 8 nitrogen and oxygen atoms in total. The Morgan fingerprint density at radius 3 is 2.64 bits per heavy atom. The van der Waals surface area contributed by atoms with Gasteiger partial charge in [-0.25, -0.2) is 0 Å². The fraction of sp³-hybridized carbons (Fsp3) is 0.350. The van der Waals surface area contributed by atoms with Gasteiger partial charge >= 0.3 is 0 Å². The second-order valence-corrected chi connectivity index (χ2v) is 7.80. The van der Waals surface area contributed by atoms with Gasteiger partial charge in [0.15, 0.2) is 18.0 Å². The Kier molecular flexibility index (Phi) is 2.37. The van der Waals surface area contributed by atoms with E-state index in [9.17, 15) is 20.1 Å². The van der Waals surface area contributed by atoms with Crippen molar-refractivity contribution in [1.82, 2.24) is 0 Å². The predicted molar refractivity (Wildman–Crippen MR) is 88.8 cm³/mol. The van der Waals surface area contributed by atoms with E-state index in [4.69, 9.17) is 18.9 Å². The molecule has 6 atom stereocenters. The third kappa shape index (κ3) is 1.43. The van der Waals surface area contributed by atoms with E-state index in [0.717, 1.165) is 0 Å². The number of phenols is 1. The maximum atomic E-state index is 12.7. The zero-order valence-electron chi connectivity index (χ0n) is 14.3. The number of ether oxygens (including phenoxy) is 4. The summed E-state index contributed by atoms with van der Waals surface area (Å²) in [6.45, 7) is 0. The van der Waals surface area contributed by atoms with Crippen LogP contribution in [0.2, 0.25) is 0 Å². The molecular formula is C20H14O8. The van der Waals surface area contributed by atoms with Gasteiger partial charge in [-0.1, -0.05) is 12.1 Å². The maximum absolute atomic E-state index is 12.7. The molecule has 2 spiro atoms. The van der Waals surface area contributed by atoms with E-state index in [0.29, 0.717) is 16.9 Å². The molecule has 5 aliphatic rings. The number of hydrogen-bond acceptors (Lipinski definition) is 8. The first-order chi connectivity index (χ1) is 13.5. The number of aliphatic hydroxyl groups excluding tert-OH is 2. The van der Waals surface area contributed by atoms with Crippen LogP contribution in [0.4, 0.5) is 0 Å². The predicted octanol–water partition coefficient (Wildman–Crippen LogP) is 0.961. The molecule has 7 rings (SSSR count). The third-order valence-corrected chi connectivity index (χ3v) is 6.34. The van der Waals surface area contributed by atoms with Crippen LogP contribution in [0, 0.1) is 0 Å². The number of carbonyl (C=O) groups is 1. The first-order valence-corrected chi connectivity index (χ1v) is 9.10. The quantitative estimate of drug-likeness (QED) is 0.577. The first kappa shape index (κ1) is 15.3. The fourth-order valence-corrected chi connectivity index (χ4v) is 5.13. The molecule has 0 saturated carbocycles. The molecule has 2 aromatic carbocycles. The zero-order chi connectivity index (χ0) is 19.0. The van der Waals surface area contributed by atoms with Crippen LogP contribution in [0.5, 0.6) is 17.2 Å². The zero-order valence-corrected chi connectivity index (χ0v) is 14.3. The van der Waals surface area contributed by atoms with Crippen LogP contribution in [0.25, 0.3) is 0 Å². The second kappa shape index (κ2) is 4.33. The SMILES string of the molecule is O=C1c2c(O)ccc3c2[C@@]2(Oc4cccc5c4[C@](O3)(O2)[C@H](O)C[C@@H]5O)[C@@H]2O[C@H]12. The minimum absolute atomic E-state index is 0.0146. The highest BCUT2D eigenvalue weighted by atomic mass is 16.8. The number of phenolic OH excluding ortho intramolecular Hbond substituents is 1. The molecule has 2 aromatic rings. The van der Waals surface area contributed by atoms with E-state index in [-0.39, 0.29) is 34.8 Å². The lowest BCUT2D eigenvalue weighted by atomic mass is 9.76. The Balaban J connectivity index is 1.60. The normalized spacial score (nSPS) is 40.4. The molecule has 0 unspecified atom stereocenters. The molecule has 2 aliphatic carbocycles. The number of benzene rings is 2. The molecule has 1 fully saturated rings. The van der Waals surface area contributed by atoms with Crippen LogP contribution in [-0.4, -0.2) is 39.4 Å². The molecule has 142 valence electrons. The summed E-state index contributed by atoms with van der Waals surface area (Å²) < 4.78 is 24.4. The molecule has 1 saturated heterocycles. The number of Topliss-reactive ketones (excluding diaryl/α,β-unsaturated/α-hetero) is 1. The monoisotopic (exact) mass is 382 g/mol. The van der Waals surface area contributed by atoms with E-state index < -0.39 is 36.0 Å². The van der Waals surface area contributed by atoms with Gasteiger partial charge in [0.1, 0.15) is 23.4 Å². The second-order valence-electron chi connectivity index (χ2n) is 7.80. The van der Waals surface area contributed by atoms with Crippen molar-refractivity contribution in [2.24, 2.45) is 0 Å². The van der Waals surface area contributed by atoms with E-state index in [1.165, 1.54) is 12.1 Å². The van der Waals surface area contributed by atoms with E-state index in [1.807, 2.05) is 0 Å². The summed E-state index contributed by atoms with van der Waals surface area (Å²) in [4.78, 5) is 12.7. The number of hydrogen-bond donors (Lipinski definition) is 3. The Labute approximate surface area is 157 Å². The average Bonchev–Trinajstić information content (AvgIpc) is 3.48. The van der Waals surface area contributed by atoms with Gasteiger partial charge in [0.05, 0.1) is 22.8 Å². The van der Waals surface area contributed by atoms with Crippen LogP contribution in [0.3, 0.4) is 0 Å². The van der Waals surface area contributed by atoms with E-state index in [1.54, 1.807) is 18.2 Å². The van der Waals surface area contributed by atoms with E-state index in [2.05, 4.69) is 0 Å². The van der Waals surface area contributed by atoms with Gasteiger partial charge in [0.25, 0.3) is 11.6 Å². The summed E-state index contributed by atoms with van der Waals surface area (Å²) in [7, 11) is 0. The Morgan fingerprint density at radius 1 is 1.00 bits per heavy atom. The molecule has 28 heavy (non-hydrogen) atoms. The molecule has 0 radical (unpaired) electrons. The molecule has 2 bridgehead atoms. The highest BCUT2D eigenvalue weighted by molar-refractivity contribution is 6.07. The number of aromatic hydroxyl groups is 1. The molecule has 0 aromatic heterocycles. The standard InChI is InChI=1S/C20H14O8/c21-8-4-5-11-15-13(8)16(24)17-18(25-17)20(15)27-10-3-1-2-7-9(22)6-12(23)19(26-11,28-20)14(7)10/h1-5,9,12,17-18,21-23H,6H2/t9-,12+,17+,18+,19+,20-/m0/s1. The lowest BCUT2D eigenvalue weighted by molar-refractivity contribution is -0.392. The first-order valence-electron chi connectivity index (χ1n) is 9.10. The molecule has 8 heteroatoms. The Hall–Kier alpha value is -2.65. The molecular weight excluding hydrogens is 368 g/mol. The molecule has 0 amide bonds. The number of epoxide rings is 1. The highest BCUT2D eigenvalue weighted by Crippen LogP contribution is 2.65. The molecule has 3 N–H and O–H groups in total. The van der Waals surface area contributed by atoms with Gasteiger partial charge in [-0.2, -0.15) is 0 Å². The van der Waals surface area contributed by atoms with Gasteiger partial charge in [-0.15, -0.1) is 0 Å². The van der Waals surface area contributed by atoms with Crippen molar-refractivity contribution in [3.63, 3.8) is 0 Å². The summed E-state index contributed by atoms with van der Waals surface area (Å²) in [6.07, 6.45) is -3.57. The topological polar surface area (TPSA) is 118 Å². The minimum Gasteiger partial charge on any atom is -0.507 e. The fourth-order valence-electron chi connectivity index (χ4n) is 5.13. The van der Waals surface area contributed by atoms with Crippen molar-refractivity contribution >= 4 is 5.78 Å². The number of fused-ring (bicyclic) bond motifs is 1. The van der Waals surface area contributed by atoms with Crippen molar-refractivity contribution < 1.29 is 39.1 Å². The van der Waals surface area contributed by atoms with Gasteiger partial charge in [-0.3, -0.25) is 9.53 Å².